The van der Waals surface area contributed by atoms with Gasteiger partial charge in [-0.2, -0.15) is 30.2 Å². The van der Waals surface area contributed by atoms with Crippen LogP contribution in [-0.4, -0.2) is 109 Å². The van der Waals surface area contributed by atoms with E-state index in [0.29, 0.717) is 83.9 Å². The number of carbonyl (C=O) groups excluding carboxylic acids is 1. The minimum absolute atomic E-state index is 0.0191. The number of fused-ring (bicyclic) bond motifs is 3. The Morgan fingerprint density at radius 3 is 2.20 bits per heavy atom. The summed E-state index contributed by atoms with van der Waals surface area (Å²) in [4.78, 5) is 55.2. The second-order valence-electron chi connectivity index (χ2n) is 23.2. The van der Waals surface area contributed by atoms with Crippen molar-refractivity contribution in [1.29, 1.82) is 0 Å². The number of carboxylic acid groups (broad SMARTS) is 1. The SMILES string of the molecule is CC1(C)C(/C=C/C2=C(Oc3ccc(C[C@H](NC(=O)c4ccc(NCc5cnc6nc(N)[nH]c(=O)c6n5)cc4)C(=O)O)cc3)C(=C/C=C3/N(CCCCS(=O)(=O)O)c4ccc(S(=O)(=O)O)cc4C3(C)C)/CCC2)=C(CCCCS(=O)(=O)O)c2ccc(S(=O)O)cc21. The molecule has 1 unspecified atom stereocenters. The summed E-state index contributed by atoms with van der Waals surface area (Å²) in [5, 5.41) is 16.1. The molecule has 6 aromatic rings. The van der Waals surface area contributed by atoms with Crippen LogP contribution >= 0.6 is 0 Å². The molecule has 0 spiro atoms. The number of aromatic nitrogens is 4. The average molecular weight is 1310 g/mol. The molecule has 10 N–H and O–H groups in total. The number of aromatic amines is 1. The number of ether oxygens (including phenoxy) is 1. The number of aliphatic carboxylic acids is 1. The number of nitrogens with two attached hydrogens (primary N) is 1. The Hall–Kier alpha value is -8.22. The number of hydrogen-bond donors (Lipinski definition) is 9. The number of H-pyrrole nitrogens is 1. The topological polar surface area (TPSA) is 389 Å². The van der Waals surface area contributed by atoms with E-state index in [0.717, 1.165) is 33.4 Å². The van der Waals surface area contributed by atoms with Gasteiger partial charge in [0.25, 0.3) is 41.8 Å². The Kier molecular flexibility index (Phi) is 19.6. The molecule has 0 saturated heterocycles. The van der Waals surface area contributed by atoms with Gasteiger partial charge in [-0.05, 0) is 169 Å². The van der Waals surface area contributed by atoms with E-state index >= 15 is 0 Å². The molecule has 4 aromatic carbocycles. The molecule has 90 heavy (non-hydrogen) atoms. The zero-order chi connectivity index (χ0) is 65.1. The van der Waals surface area contributed by atoms with Crippen molar-refractivity contribution in [2.45, 2.75) is 119 Å². The molecule has 3 heterocycles. The molecule has 3 aliphatic rings. The third kappa shape index (κ3) is 15.7. The molecule has 1 amide bonds. The second-order valence-corrected chi connectivity index (χ2v) is 28.7. The predicted molar refractivity (Wildman–Crippen MR) is 340 cm³/mol. The lowest BCUT2D eigenvalue weighted by Gasteiger charge is -2.28. The number of unbranched alkanes of at least 4 members (excludes halogenated alkanes) is 2. The van der Waals surface area contributed by atoms with E-state index in [1.807, 2.05) is 56.9 Å². The summed E-state index contributed by atoms with van der Waals surface area (Å²) in [6, 6.07) is 21.0. The van der Waals surface area contributed by atoms with Gasteiger partial charge in [0, 0.05) is 46.4 Å². The summed E-state index contributed by atoms with van der Waals surface area (Å²) in [6.45, 7) is 8.22. The van der Waals surface area contributed by atoms with Crippen molar-refractivity contribution in [2.75, 3.05) is 34.0 Å². The van der Waals surface area contributed by atoms with Crippen molar-refractivity contribution in [1.82, 2.24) is 25.3 Å². The standard InChI is InChI=1S/C62H68N8O16S4/c1-61(2)48(46(12-5-7-30-88(77,78)79)47-25-23-44(87(75)76)33-49(47)61)26-17-38-10-9-11-39(18-28-53-62(3,4)50-34-45(90(83,84)85)24-27-52(50)70(53)29-6-8-31-89(80,81)82)55(38)86-43-21-13-37(14-22-43)32-51(59(73)74)67-57(71)40-15-19-41(20-16-40)64-35-42-36-65-56-54(66-42)58(72)69-60(63)68-56/h13-28,33-34,36,51,64H,5-12,29-32,35H2,1-4H3,(H,67,71)(H,73,74)(H,75,76)(H,77,78,79)(H,80,81,82)(H,83,84,85)(H3,63,65,68,69,72)/b26-17+,39-18+,53-28+/t51-/m0/s1. The van der Waals surface area contributed by atoms with Gasteiger partial charge in [0.05, 0.1) is 39.7 Å². The van der Waals surface area contributed by atoms with Gasteiger partial charge in [0.2, 0.25) is 5.95 Å². The Balaban J connectivity index is 1.02. The normalized spacial score (nSPS) is 17.3. The molecule has 2 atom stereocenters. The summed E-state index contributed by atoms with van der Waals surface area (Å²) >= 11 is -2.28. The van der Waals surface area contributed by atoms with Crippen molar-refractivity contribution >= 4 is 87.4 Å². The fourth-order valence-electron chi connectivity index (χ4n) is 11.5. The zero-order valence-electron chi connectivity index (χ0n) is 49.5. The summed E-state index contributed by atoms with van der Waals surface area (Å²) in [5.41, 5.74) is 12.2. The number of carbonyl (C=O) groups is 2. The van der Waals surface area contributed by atoms with Crippen molar-refractivity contribution in [3.05, 3.63) is 187 Å². The number of amides is 1. The first-order valence-electron chi connectivity index (χ1n) is 28.6. The number of hydrogen-bond acceptors (Lipinski definition) is 17. The lowest BCUT2D eigenvalue weighted by atomic mass is 9.80. The maximum Gasteiger partial charge on any atom is 0.326 e. The number of rotatable bonds is 25. The molecule has 0 saturated carbocycles. The fourth-order valence-corrected chi connectivity index (χ4v) is 13.6. The Morgan fingerprint density at radius 1 is 0.833 bits per heavy atom. The molecule has 28 heteroatoms. The minimum Gasteiger partial charge on any atom is -0.480 e. The van der Waals surface area contributed by atoms with E-state index in [1.54, 1.807) is 60.7 Å². The van der Waals surface area contributed by atoms with Crippen LogP contribution in [0.1, 0.15) is 117 Å². The van der Waals surface area contributed by atoms with Gasteiger partial charge >= 0.3 is 5.97 Å². The lowest BCUT2D eigenvalue weighted by molar-refractivity contribution is -0.139. The highest BCUT2D eigenvalue weighted by Gasteiger charge is 2.41. The van der Waals surface area contributed by atoms with Crippen molar-refractivity contribution in [2.24, 2.45) is 0 Å². The number of allylic oxidation sites excluding steroid dienone is 9. The molecule has 1 aliphatic heterocycles. The average Bonchev–Trinajstić information content (AvgIpc) is 1.60. The molecular weight excluding hydrogens is 1240 g/mol. The van der Waals surface area contributed by atoms with Crippen LogP contribution in [0.15, 0.2) is 158 Å². The van der Waals surface area contributed by atoms with E-state index in [9.17, 15) is 67.2 Å². The van der Waals surface area contributed by atoms with Gasteiger partial charge in [-0.15, -0.1) is 0 Å². The minimum atomic E-state index is -4.60. The molecule has 24 nitrogen and oxygen atoms in total. The highest BCUT2D eigenvalue weighted by Crippen LogP contribution is 2.51. The summed E-state index contributed by atoms with van der Waals surface area (Å²) in [6.07, 6.45) is 12.2. The van der Waals surface area contributed by atoms with Crippen molar-refractivity contribution < 1.29 is 67.1 Å². The molecule has 0 radical (unpaired) electrons. The third-order valence-corrected chi connectivity index (χ3v) is 19.2. The van der Waals surface area contributed by atoms with E-state index in [-0.39, 0.29) is 64.8 Å². The van der Waals surface area contributed by atoms with Crippen molar-refractivity contribution in [3.63, 3.8) is 0 Å². The van der Waals surface area contributed by atoms with Crippen LogP contribution in [0.2, 0.25) is 0 Å². The monoisotopic (exact) mass is 1310 g/mol. The molecule has 476 valence electrons. The van der Waals surface area contributed by atoms with E-state index in [1.165, 1.54) is 30.5 Å². The number of carboxylic acids is 1. The summed E-state index contributed by atoms with van der Waals surface area (Å²) in [5.74, 6) is -2.04. The molecule has 0 fully saturated rings. The van der Waals surface area contributed by atoms with Crippen LogP contribution in [0.3, 0.4) is 0 Å². The Morgan fingerprint density at radius 2 is 1.53 bits per heavy atom. The zero-order valence-corrected chi connectivity index (χ0v) is 52.7. The maximum absolute atomic E-state index is 13.5. The Bertz CT molecular complexity index is 4430. The first kappa shape index (κ1) is 66.2. The summed E-state index contributed by atoms with van der Waals surface area (Å²) < 4.78 is 130. The van der Waals surface area contributed by atoms with Gasteiger partial charge in [-0.3, -0.25) is 28.2 Å². The van der Waals surface area contributed by atoms with Gasteiger partial charge in [-0.1, -0.05) is 64.1 Å². The van der Waals surface area contributed by atoms with Gasteiger partial charge in [0.15, 0.2) is 22.2 Å². The number of benzene rings is 4. The van der Waals surface area contributed by atoms with Crippen LogP contribution < -0.4 is 31.6 Å². The largest absolute Gasteiger partial charge is 0.480 e. The smallest absolute Gasteiger partial charge is 0.326 e. The lowest BCUT2D eigenvalue weighted by Crippen LogP contribution is -2.42. The molecular formula is C62H68N8O16S4. The fraction of sp³-hybridized carbons (Fsp3) is 0.323. The molecule has 2 aliphatic carbocycles. The highest BCUT2D eigenvalue weighted by atomic mass is 32.2. The maximum atomic E-state index is 13.5. The van der Waals surface area contributed by atoms with Gasteiger partial charge in [-0.25, -0.2) is 19.0 Å². The van der Waals surface area contributed by atoms with E-state index < -0.39 is 87.2 Å². The number of anilines is 3. The van der Waals surface area contributed by atoms with E-state index in [4.69, 9.17) is 10.5 Å². The highest BCUT2D eigenvalue weighted by molar-refractivity contribution is 7.86. The second kappa shape index (κ2) is 26.7. The van der Waals surface area contributed by atoms with Crippen LogP contribution in [0.5, 0.6) is 5.75 Å². The molecule has 2 aromatic heterocycles. The first-order chi connectivity index (χ1) is 42.4. The first-order valence-corrected chi connectivity index (χ1v) is 34.4. The third-order valence-electron chi connectivity index (χ3n) is 16.1. The van der Waals surface area contributed by atoms with E-state index in [2.05, 4.69) is 30.6 Å². The summed E-state index contributed by atoms with van der Waals surface area (Å²) in [7, 11) is -13.1. The number of nitrogens with zero attached hydrogens (tertiary/aromatic N) is 4. The van der Waals surface area contributed by atoms with Crippen LogP contribution in [-0.2, 0) is 70.0 Å². The van der Waals surface area contributed by atoms with Gasteiger partial charge < -0.3 is 35.7 Å². The van der Waals surface area contributed by atoms with Crippen molar-refractivity contribution in [3.8, 4) is 5.75 Å². The van der Waals surface area contributed by atoms with Crippen LogP contribution in [0.4, 0.5) is 17.3 Å². The van der Waals surface area contributed by atoms with Gasteiger partial charge in [0.1, 0.15) is 17.6 Å². The quantitative estimate of drug-likeness (QED) is 0.0147. The van der Waals surface area contributed by atoms with Crippen LogP contribution in [0, 0.1) is 0 Å². The number of nitrogen functional groups attached to an aromatic ring is 1. The predicted octanol–water partition coefficient (Wildman–Crippen LogP) is 8.61. The Labute approximate surface area is 522 Å². The van der Waals surface area contributed by atoms with Crippen LogP contribution in [0.25, 0.3) is 16.7 Å². The molecule has 9 rings (SSSR count). The number of nitrogens with one attached hydrogen (secondary N) is 3. The molecule has 0 bridgehead atoms.